The third-order valence-electron chi connectivity index (χ3n) is 4.99. The van der Waals surface area contributed by atoms with Gasteiger partial charge in [0.2, 0.25) is 0 Å². The molecule has 0 radical (unpaired) electrons. The van der Waals surface area contributed by atoms with Crippen LogP contribution in [0.3, 0.4) is 0 Å². The summed E-state index contributed by atoms with van der Waals surface area (Å²) < 4.78 is 5.06. The first-order valence-electron chi connectivity index (χ1n) is 9.54. The molecule has 0 aliphatic carbocycles. The molecule has 148 valence electrons. The van der Waals surface area contributed by atoms with Crippen LogP contribution < -0.4 is 19.9 Å². The van der Waals surface area contributed by atoms with Crippen molar-refractivity contribution in [3.8, 4) is 5.75 Å². The van der Waals surface area contributed by atoms with Gasteiger partial charge in [0.05, 0.1) is 25.2 Å². The number of benzene rings is 1. The van der Waals surface area contributed by atoms with Crippen molar-refractivity contribution in [2.75, 3.05) is 48.4 Å². The number of nitrogens with one attached hydrogen (secondary N) is 1. The van der Waals surface area contributed by atoms with Gasteiger partial charge in [0.25, 0.3) is 5.91 Å². The lowest BCUT2D eigenvalue weighted by Gasteiger charge is -2.37. The van der Waals surface area contributed by atoms with E-state index in [9.17, 15) is 4.79 Å². The zero-order valence-electron chi connectivity index (χ0n) is 16.3. The van der Waals surface area contributed by atoms with Crippen molar-refractivity contribution in [1.29, 1.82) is 0 Å². The molecule has 3 heterocycles. The Bertz CT molecular complexity index is 937. The average Bonchev–Trinajstić information content (AvgIpc) is 2.80. The maximum atomic E-state index is 12.3. The molecule has 2 aromatic heterocycles. The summed E-state index contributed by atoms with van der Waals surface area (Å²) >= 11 is 0. The molecule has 7 nitrogen and oxygen atoms in total. The summed E-state index contributed by atoms with van der Waals surface area (Å²) in [6, 6.07) is 15.3. The fourth-order valence-electron chi connectivity index (χ4n) is 3.35. The Balaban J connectivity index is 1.34. The Hall–Kier alpha value is -3.61. The second kappa shape index (κ2) is 8.60. The summed E-state index contributed by atoms with van der Waals surface area (Å²) in [7, 11) is 1.57. The number of amides is 1. The minimum Gasteiger partial charge on any atom is -0.495 e. The number of carbonyl (C=O) groups excluding carboxylic acids is 1. The molecule has 1 amide bonds. The maximum Gasteiger partial charge on any atom is 0.274 e. The number of pyridine rings is 2. The van der Waals surface area contributed by atoms with E-state index in [1.165, 1.54) is 6.20 Å². The van der Waals surface area contributed by atoms with E-state index in [0.29, 0.717) is 11.4 Å². The van der Waals surface area contributed by atoms with Crippen LogP contribution >= 0.6 is 0 Å². The SMILES string of the molecule is COc1ccc(C(=O)Nc2ccc(N3CCN(c4cccnc4)CC3)cc2)nc1. The normalized spacial score (nSPS) is 13.8. The van der Waals surface area contributed by atoms with Crippen LogP contribution in [-0.4, -0.2) is 49.2 Å². The molecule has 0 bridgehead atoms. The largest absolute Gasteiger partial charge is 0.495 e. The van der Waals surface area contributed by atoms with Crippen LogP contribution in [0.25, 0.3) is 0 Å². The van der Waals surface area contributed by atoms with Gasteiger partial charge in [-0.1, -0.05) is 0 Å². The van der Waals surface area contributed by atoms with E-state index < -0.39 is 0 Å². The van der Waals surface area contributed by atoms with E-state index in [4.69, 9.17) is 4.74 Å². The number of carbonyl (C=O) groups is 1. The first-order valence-corrected chi connectivity index (χ1v) is 9.54. The lowest BCUT2D eigenvalue weighted by molar-refractivity contribution is 0.102. The number of hydrogen-bond donors (Lipinski definition) is 1. The van der Waals surface area contributed by atoms with Crippen LogP contribution in [0.1, 0.15) is 10.5 Å². The van der Waals surface area contributed by atoms with Crippen molar-refractivity contribution in [2.45, 2.75) is 0 Å². The molecule has 1 aliphatic heterocycles. The van der Waals surface area contributed by atoms with Gasteiger partial charge in [0.15, 0.2) is 0 Å². The molecule has 1 saturated heterocycles. The fraction of sp³-hybridized carbons (Fsp3) is 0.227. The molecule has 7 heteroatoms. The molecule has 1 fully saturated rings. The van der Waals surface area contributed by atoms with E-state index in [1.807, 2.05) is 36.5 Å². The minimum absolute atomic E-state index is 0.245. The van der Waals surface area contributed by atoms with Crippen LogP contribution in [-0.2, 0) is 0 Å². The van der Waals surface area contributed by atoms with Gasteiger partial charge < -0.3 is 19.9 Å². The van der Waals surface area contributed by atoms with E-state index in [-0.39, 0.29) is 5.91 Å². The number of hydrogen-bond acceptors (Lipinski definition) is 6. The van der Waals surface area contributed by atoms with Crippen LogP contribution in [0.15, 0.2) is 67.1 Å². The quantitative estimate of drug-likeness (QED) is 0.723. The highest BCUT2D eigenvalue weighted by Gasteiger charge is 2.17. The highest BCUT2D eigenvalue weighted by Crippen LogP contribution is 2.22. The van der Waals surface area contributed by atoms with E-state index in [1.54, 1.807) is 25.4 Å². The number of aromatic nitrogens is 2. The summed E-state index contributed by atoms with van der Waals surface area (Å²) in [6.07, 6.45) is 5.23. The van der Waals surface area contributed by atoms with Crippen molar-refractivity contribution in [3.05, 3.63) is 72.8 Å². The molecule has 0 saturated carbocycles. The van der Waals surface area contributed by atoms with E-state index in [0.717, 1.165) is 43.2 Å². The maximum absolute atomic E-state index is 12.3. The second-order valence-corrected chi connectivity index (χ2v) is 6.77. The average molecular weight is 389 g/mol. The Morgan fingerprint density at radius 3 is 2.24 bits per heavy atom. The number of anilines is 3. The van der Waals surface area contributed by atoms with Crippen LogP contribution in [0.4, 0.5) is 17.1 Å². The van der Waals surface area contributed by atoms with Gasteiger partial charge >= 0.3 is 0 Å². The van der Waals surface area contributed by atoms with Crippen molar-refractivity contribution >= 4 is 23.0 Å². The van der Waals surface area contributed by atoms with Gasteiger partial charge in [-0.15, -0.1) is 0 Å². The molecule has 4 rings (SSSR count). The minimum atomic E-state index is -0.245. The van der Waals surface area contributed by atoms with E-state index >= 15 is 0 Å². The Morgan fingerprint density at radius 1 is 0.931 bits per heavy atom. The molecule has 1 aliphatic rings. The molecule has 29 heavy (non-hydrogen) atoms. The van der Waals surface area contributed by atoms with Crippen LogP contribution in [0.5, 0.6) is 5.75 Å². The molecular formula is C22H23N5O2. The van der Waals surface area contributed by atoms with Crippen molar-refractivity contribution < 1.29 is 9.53 Å². The van der Waals surface area contributed by atoms with Gasteiger partial charge in [-0.25, -0.2) is 4.98 Å². The van der Waals surface area contributed by atoms with Crippen molar-refractivity contribution in [3.63, 3.8) is 0 Å². The third-order valence-corrected chi connectivity index (χ3v) is 4.99. The number of rotatable bonds is 5. The molecule has 0 unspecified atom stereocenters. The highest BCUT2D eigenvalue weighted by atomic mass is 16.5. The summed E-state index contributed by atoms with van der Waals surface area (Å²) in [6.45, 7) is 3.79. The number of piperazine rings is 1. The van der Waals surface area contributed by atoms with Gasteiger partial charge in [-0.3, -0.25) is 9.78 Å². The standard InChI is InChI=1S/C22H23N5O2/c1-29-20-8-9-21(24-16-20)22(28)25-17-4-6-18(7-5-17)26-11-13-27(14-12-26)19-3-2-10-23-15-19/h2-10,15-16H,11-14H2,1H3,(H,25,28). The molecule has 1 aromatic carbocycles. The van der Waals surface area contributed by atoms with Crippen molar-refractivity contribution in [2.24, 2.45) is 0 Å². The van der Waals surface area contributed by atoms with E-state index in [2.05, 4.69) is 31.2 Å². The Labute approximate surface area is 170 Å². The lowest BCUT2D eigenvalue weighted by Crippen LogP contribution is -2.46. The first kappa shape index (κ1) is 18.7. The topological polar surface area (TPSA) is 70.6 Å². The first-order chi connectivity index (χ1) is 14.2. The summed E-state index contributed by atoms with van der Waals surface area (Å²) in [4.78, 5) is 25.3. The summed E-state index contributed by atoms with van der Waals surface area (Å²) in [5.41, 5.74) is 3.40. The van der Waals surface area contributed by atoms with Gasteiger partial charge in [0.1, 0.15) is 11.4 Å². The number of methoxy groups -OCH3 is 1. The summed E-state index contributed by atoms with van der Waals surface area (Å²) in [5.74, 6) is 0.375. The van der Waals surface area contributed by atoms with Gasteiger partial charge in [0, 0.05) is 43.8 Å². The summed E-state index contributed by atoms with van der Waals surface area (Å²) in [5, 5.41) is 2.88. The zero-order chi connectivity index (χ0) is 20.1. The monoisotopic (exact) mass is 389 g/mol. The van der Waals surface area contributed by atoms with Crippen molar-refractivity contribution in [1.82, 2.24) is 9.97 Å². The zero-order valence-corrected chi connectivity index (χ0v) is 16.3. The Morgan fingerprint density at radius 2 is 1.66 bits per heavy atom. The van der Waals surface area contributed by atoms with Gasteiger partial charge in [-0.2, -0.15) is 0 Å². The fourth-order valence-corrected chi connectivity index (χ4v) is 3.35. The second-order valence-electron chi connectivity index (χ2n) is 6.77. The number of ether oxygens (including phenoxy) is 1. The predicted octanol–water partition coefficient (Wildman–Crippen LogP) is 3.06. The molecule has 3 aromatic rings. The molecule has 0 atom stereocenters. The van der Waals surface area contributed by atoms with Crippen LogP contribution in [0.2, 0.25) is 0 Å². The number of nitrogens with zero attached hydrogens (tertiary/aromatic N) is 4. The smallest absolute Gasteiger partial charge is 0.274 e. The third kappa shape index (κ3) is 4.45. The molecular weight excluding hydrogens is 366 g/mol. The Kier molecular flexibility index (Phi) is 5.56. The van der Waals surface area contributed by atoms with Crippen LogP contribution in [0, 0.1) is 0 Å². The van der Waals surface area contributed by atoms with Gasteiger partial charge in [-0.05, 0) is 48.5 Å². The lowest BCUT2D eigenvalue weighted by atomic mass is 10.2. The highest BCUT2D eigenvalue weighted by molar-refractivity contribution is 6.02. The molecule has 0 spiro atoms. The predicted molar refractivity (Wildman–Crippen MR) is 114 cm³/mol. The molecule has 1 N–H and O–H groups in total.